The van der Waals surface area contributed by atoms with Crippen molar-refractivity contribution < 1.29 is 13.2 Å². The molecule has 0 atom stereocenters. The van der Waals surface area contributed by atoms with Gasteiger partial charge in [-0.25, -0.2) is 13.4 Å². The molecule has 26 heavy (non-hydrogen) atoms. The lowest BCUT2D eigenvalue weighted by Crippen LogP contribution is -2.36. The summed E-state index contributed by atoms with van der Waals surface area (Å²) in [5.74, 6) is -0.0738. The lowest BCUT2D eigenvalue weighted by molar-refractivity contribution is 0.102. The van der Waals surface area contributed by atoms with Crippen LogP contribution < -0.4 is 5.32 Å². The van der Waals surface area contributed by atoms with E-state index in [2.05, 4.69) is 10.3 Å². The summed E-state index contributed by atoms with van der Waals surface area (Å²) in [7, 11) is -3.61. The third kappa shape index (κ3) is 4.06. The molecular formula is C18H20ClN3O3S. The van der Waals surface area contributed by atoms with Crippen LogP contribution in [0.1, 0.15) is 35.2 Å². The fraction of sp³-hybridized carbons (Fsp3) is 0.333. The average molecular weight is 394 g/mol. The molecule has 8 heteroatoms. The highest BCUT2D eigenvalue weighted by atomic mass is 35.5. The highest BCUT2D eigenvalue weighted by Crippen LogP contribution is 2.24. The molecule has 2 heterocycles. The van der Waals surface area contributed by atoms with Crippen LogP contribution in [0.5, 0.6) is 0 Å². The number of carbonyl (C=O) groups excluding carboxylic acids is 1. The molecule has 1 aromatic carbocycles. The predicted molar refractivity (Wildman–Crippen MR) is 101 cm³/mol. The highest BCUT2D eigenvalue weighted by Gasteiger charge is 2.28. The van der Waals surface area contributed by atoms with Gasteiger partial charge in [-0.3, -0.25) is 4.79 Å². The van der Waals surface area contributed by atoms with Gasteiger partial charge in [-0.1, -0.05) is 24.1 Å². The van der Waals surface area contributed by atoms with Crippen molar-refractivity contribution >= 4 is 33.3 Å². The molecule has 1 aliphatic heterocycles. The Morgan fingerprint density at radius 2 is 1.88 bits per heavy atom. The summed E-state index contributed by atoms with van der Waals surface area (Å²) in [6.45, 7) is 2.78. The van der Waals surface area contributed by atoms with Gasteiger partial charge in [-0.15, -0.1) is 0 Å². The lowest BCUT2D eigenvalue weighted by Gasteiger charge is -2.26. The number of rotatable bonds is 4. The SMILES string of the molecule is Cc1ccc(C(=O)Nc2ccc(Cl)cn2)cc1S(=O)(=O)N1CCCCC1. The molecule has 0 spiro atoms. The van der Waals surface area contributed by atoms with Gasteiger partial charge in [0.05, 0.1) is 9.92 Å². The number of hydrogen-bond donors (Lipinski definition) is 1. The molecule has 0 saturated carbocycles. The van der Waals surface area contributed by atoms with Crippen LogP contribution in [-0.4, -0.2) is 36.7 Å². The van der Waals surface area contributed by atoms with Crippen molar-refractivity contribution in [3.8, 4) is 0 Å². The first kappa shape index (κ1) is 18.8. The van der Waals surface area contributed by atoms with Gasteiger partial charge < -0.3 is 5.32 Å². The number of aromatic nitrogens is 1. The van der Waals surface area contributed by atoms with Crippen LogP contribution in [0.3, 0.4) is 0 Å². The van der Waals surface area contributed by atoms with Crippen molar-refractivity contribution in [3.05, 3.63) is 52.7 Å². The van der Waals surface area contributed by atoms with E-state index >= 15 is 0 Å². The maximum atomic E-state index is 12.9. The molecule has 3 rings (SSSR count). The zero-order valence-corrected chi connectivity index (χ0v) is 16.0. The lowest BCUT2D eigenvalue weighted by atomic mass is 10.1. The summed E-state index contributed by atoms with van der Waals surface area (Å²) >= 11 is 5.78. The van der Waals surface area contributed by atoms with Crippen LogP contribution in [0.4, 0.5) is 5.82 Å². The first-order chi connectivity index (χ1) is 12.4. The molecular weight excluding hydrogens is 374 g/mol. The fourth-order valence-electron chi connectivity index (χ4n) is 2.90. The van der Waals surface area contributed by atoms with Crippen LogP contribution in [0.2, 0.25) is 5.02 Å². The molecule has 6 nitrogen and oxygen atoms in total. The summed E-state index contributed by atoms with van der Waals surface area (Å²) in [6, 6.07) is 7.90. The minimum absolute atomic E-state index is 0.177. The summed E-state index contributed by atoms with van der Waals surface area (Å²) in [5, 5.41) is 3.11. The van der Waals surface area contributed by atoms with E-state index in [-0.39, 0.29) is 10.5 Å². The third-order valence-corrected chi connectivity index (χ3v) is 6.62. The van der Waals surface area contributed by atoms with E-state index in [1.807, 2.05) is 0 Å². The second-order valence-electron chi connectivity index (χ2n) is 6.26. The number of anilines is 1. The van der Waals surface area contributed by atoms with Crippen molar-refractivity contribution in [2.24, 2.45) is 0 Å². The van der Waals surface area contributed by atoms with Crippen LogP contribution in [-0.2, 0) is 10.0 Å². The largest absolute Gasteiger partial charge is 0.307 e. The van der Waals surface area contributed by atoms with Gasteiger partial charge in [-0.05, 0) is 49.6 Å². The third-order valence-electron chi connectivity index (χ3n) is 4.35. The van der Waals surface area contributed by atoms with E-state index in [0.717, 1.165) is 19.3 Å². The van der Waals surface area contributed by atoms with Gasteiger partial charge in [0, 0.05) is 24.8 Å². The standard InChI is InChI=1S/C18H20ClN3O3S/c1-13-5-6-14(18(23)21-17-8-7-15(19)12-20-17)11-16(13)26(24,25)22-9-3-2-4-10-22/h5-8,11-12H,2-4,9-10H2,1H3,(H,20,21,23). The van der Waals surface area contributed by atoms with E-state index in [1.165, 1.54) is 16.6 Å². The molecule has 0 aliphatic carbocycles. The fourth-order valence-corrected chi connectivity index (χ4v) is 4.78. The quantitative estimate of drug-likeness (QED) is 0.862. The smallest absolute Gasteiger partial charge is 0.256 e. The van der Waals surface area contributed by atoms with Crippen molar-refractivity contribution in [2.75, 3.05) is 18.4 Å². The molecule has 1 fully saturated rings. The Hall–Kier alpha value is -1.96. The number of hydrogen-bond acceptors (Lipinski definition) is 4. The Morgan fingerprint density at radius 3 is 2.54 bits per heavy atom. The second-order valence-corrected chi connectivity index (χ2v) is 8.60. The molecule has 1 saturated heterocycles. The molecule has 0 bridgehead atoms. The number of aryl methyl sites for hydroxylation is 1. The summed E-state index contributed by atoms with van der Waals surface area (Å²) in [4.78, 5) is 16.7. The number of nitrogens with zero attached hydrogens (tertiary/aromatic N) is 2. The van der Waals surface area contributed by atoms with Gasteiger partial charge in [0.15, 0.2) is 0 Å². The van der Waals surface area contributed by atoms with Crippen molar-refractivity contribution in [1.82, 2.24) is 9.29 Å². The number of piperidine rings is 1. The van der Waals surface area contributed by atoms with Crippen molar-refractivity contribution in [2.45, 2.75) is 31.1 Å². The summed E-state index contributed by atoms with van der Waals surface area (Å²) in [6.07, 6.45) is 4.20. The topological polar surface area (TPSA) is 79.4 Å². The minimum Gasteiger partial charge on any atom is -0.307 e. The van der Waals surface area contributed by atoms with Crippen molar-refractivity contribution in [1.29, 1.82) is 0 Å². The monoisotopic (exact) mass is 393 g/mol. The van der Waals surface area contributed by atoms with Gasteiger partial charge in [0.25, 0.3) is 5.91 Å². The normalized spacial score (nSPS) is 15.6. The van der Waals surface area contributed by atoms with Crippen LogP contribution in [0.15, 0.2) is 41.4 Å². The second kappa shape index (κ2) is 7.73. The average Bonchev–Trinajstić information content (AvgIpc) is 2.64. The van der Waals surface area contributed by atoms with E-state index in [1.54, 1.807) is 31.2 Å². The molecule has 1 aromatic heterocycles. The Morgan fingerprint density at radius 1 is 1.15 bits per heavy atom. The molecule has 1 amide bonds. The number of benzene rings is 1. The molecule has 138 valence electrons. The number of pyridine rings is 1. The Bertz CT molecular complexity index is 908. The van der Waals surface area contributed by atoms with Gasteiger partial charge >= 0.3 is 0 Å². The molecule has 1 N–H and O–H groups in total. The summed E-state index contributed by atoms with van der Waals surface area (Å²) < 4.78 is 27.4. The Balaban J connectivity index is 1.87. The van der Waals surface area contributed by atoms with Crippen molar-refractivity contribution in [3.63, 3.8) is 0 Å². The van der Waals surface area contributed by atoms with Gasteiger partial charge in [-0.2, -0.15) is 4.31 Å². The minimum atomic E-state index is -3.61. The summed E-state index contributed by atoms with van der Waals surface area (Å²) in [5.41, 5.74) is 0.889. The number of halogens is 1. The number of carbonyl (C=O) groups is 1. The Kier molecular flexibility index (Phi) is 5.60. The van der Waals surface area contributed by atoms with E-state index in [4.69, 9.17) is 11.6 Å². The van der Waals surface area contributed by atoms with Crippen LogP contribution in [0.25, 0.3) is 0 Å². The van der Waals surface area contributed by atoms with E-state index in [9.17, 15) is 13.2 Å². The van der Waals surface area contributed by atoms with Gasteiger partial charge in [0.1, 0.15) is 5.82 Å². The maximum Gasteiger partial charge on any atom is 0.256 e. The molecule has 0 radical (unpaired) electrons. The molecule has 1 aliphatic rings. The zero-order chi connectivity index (χ0) is 18.7. The van der Waals surface area contributed by atoms with E-state index in [0.29, 0.717) is 29.5 Å². The number of sulfonamides is 1. The first-order valence-electron chi connectivity index (χ1n) is 8.41. The Labute approximate surface area is 158 Å². The zero-order valence-electron chi connectivity index (χ0n) is 14.4. The predicted octanol–water partition coefficient (Wildman–Crippen LogP) is 3.47. The number of nitrogens with one attached hydrogen (secondary N) is 1. The highest BCUT2D eigenvalue weighted by molar-refractivity contribution is 7.89. The number of amides is 1. The molecule has 0 unspecified atom stereocenters. The van der Waals surface area contributed by atoms with E-state index < -0.39 is 15.9 Å². The maximum absolute atomic E-state index is 12.9. The molecule has 2 aromatic rings. The van der Waals surface area contributed by atoms with Crippen LogP contribution >= 0.6 is 11.6 Å². The first-order valence-corrected chi connectivity index (χ1v) is 10.2. The van der Waals surface area contributed by atoms with Crippen LogP contribution in [0, 0.1) is 6.92 Å². The van der Waals surface area contributed by atoms with Gasteiger partial charge in [0.2, 0.25) is 10.0 Å².